The minimum Gasteiger partial charge on any atom is -0.343 e. The molecule has 4 nitrogen and oxygen atoms in total. The van der Waals surface area contributed by atoms with E-state index in [1.807, 2.05) is 57.0 Å². The van der Waals surface area contributed by atoms with Crippen LogP contribution in [0, 0.1) is 12.8 Å². The van der Waals surface area contributed by atoms with Crippen molar-refractivity contribution in [2.24, 2.45) is 5.92 Å². The van der Waals surface area contributed by atoms with E-state index in [0.29, 0.717) is 25.9 Å². The summed E-state index contributed by atoms with van der Waals surface area (Å²) in [5, 5.41) is 0. The third kappa shape index (κ3) is 3.16. The Morgan fingerprint density at radius 3 is 2.36 bits per heavy atom. The van der Waals surface area contributed by atoms with E-state index in [1.165, 1.54) is 5.56 Å². The van der Waals surface area contributed by atoms with Crippen LogP contribution in [0.25, 0.3) is 0 Å². The van der Waals surface area contributed by atoms with Gasteiger partial charge in [0.15, 0.2) is 0 Å². The summed E-state index contributed by atoms with van der Waals surface area (Å²) in [5.41, 5.74) is 2.23. The van der Waals surface area contributed by atoms with Gasteiger partial charge in [0.2, 0.25) is 11.8 Å². The van der Waals surface area contributed by atoms with Crippen LogP contribution in [0.15, 0.2) is 24.3 Å². The van der Waals surface area contributed by atoms with Gasteiger partial charge in [0.05, 0.1) is 12.0 Å². The van der Waals surface area contributed by atoms with Crippen LogP contribution in [0.3, 0.4) is 0 Å². The largest absolute Gasteiger partial charge is 0.343 e. The van der Waals surface area contributed by atoms with Crippen molar-refractivity contribution >= 4 is 11.8 Å². The summed E-state index contributed by atoms with van der Waals surface area (Å²) < 4.78 is 0. The number of hydrogen-bond donors (Lipinski definition) is 0. The third-order valence-electron chi connectivity index (χ3n) is 4.67. The number of carbonyl (C=O) groups excluding carboxylic acids is 2. The second-order valence-corrected chi connectivity index (χ2v) is 6.02. The Balaban J connectivity index is 2.35. The highest BCUT2D eigenvalue weighted by Crippen LogP contribution is 2.36. The summed E-state index contributed by atoms with van der Waals surface area (Å²) >= 11 is 0. The highest BCUT2D eigenvalue weighted by molar-refractivity contribution is 5.85. The monoisotopic (exact) mass is 302 g/mol. The van der Waals surface area contributed by atoms with Gasteiger partial charge in [-0.1, -0.05) is 29.8 Å². The zero-order valence-electron chi connectivity index (χ0n) is 14.0. The Morgan fingerprint density at radius 2 is 1.82 bits per heavy atom. The molecule has 2 atom stereocenters. The molecule has 4 heteroatoms. The van der Waals surface area contributed by atoms with E-state index in [2.05, 4.69) is 0 Å². The second-order valence-electron chi connectivity index (χ2n) is 6.02. The van der Waals surface area contributed by atoms with Crippen LogP contribution in [0.1, 0.15) is 43.9 Å². The van der Waals surface area contributed by atoms with Gasteiger partial charge < -0.3 is 9.80 Å². The van der Waals surface area contributed by atoms with Crippen molar-refractivity contribution in [1.29, 1.82) is 0 Å². The molecule has 0 aliphatic carbocycles. The molecule has 2 rings (SSSR count). The lowest BCUT2D eigenvalue weighted by atomic mass is 9.83. The molecule has 0 N–H and O–H groups in total. The molecule has 1 aliphatic rings. The molecule has 1 heterocycles. The van der Waals surface area contributed by atoms with Crippen LogP contribution in [-0.2, 0) is 9.59 Å². The molecule has 22 heavy (non-hydrogen) atoms. The van der Waals surface area contributed by atoms with Gasteiger partial charge in [-0.15, -0.1) is 0 Å². The minimum atomic E-state index is -0.157. The van der Waals surface area contributed by atoms with Gasteiger partial charge in [-0.2, -0.15) is 0 Å². The Kier molecular flexibility index (Phi) is 5.22. The molecular formula is C18H26N2O2. The molecule has 1 aromatic rings. The molecule has 0 spiro atoms. The molecule has 0 saturated carbocycles. The summed E-state index contributed by atoms with van der Waals surface area (Å²) in [7, 11) is 1.81. The Hall–Kier alpha value is -1.84. The first-order chi connectivity index (χ1) is 10.5. The average Bonchev–Trinajstić information content (AvgIpc) is 2.52. The van der Waals surface area contributed by atoms with Gasteiger partial charge in [0, 0.05) is 26.6 Å². The van der Waals surface area contributed by atoms with Gasteiger partial charge in [-0.3, -0.25) is 9.59 Å². The zero-order valence-corrected chi connectivity index (χ0v) is 14.0. The van der Waals surface area contributed by atoms with Crippen LogP contribution in [0.5, 0.6) is 0 Å². The number of amides is 2. The number of rotatable bonds is 4. The average molecular weight is 302 g/mol. The molecule has 1 aliphatic heterocycles. The Labute approximate surface area is 133 Å². The first-order valence-corrected chi connectivity index (χ1v) is 8.10. The van der Waals surface area contributed by atoms with Crippen molar-refractivity contribution in [2.75, 3.05) is 20.1 Å². The fraction of sp³-hybridized carbons (Fsp3) is 0.556. The number of likely N-dealkylation sites (tertiary alicyclic amines) is 1. The molecular weight excluding hydrogens is 276 g/mol. The van der Waals surface area contributed by atoms with Crippen LogP contribution < -0.4 is 0 Å². The van der Waals surface area contributed by atoms with Crippen molar-refractivity contribution in [2.45, 2.75) is 39.7 Å². The van der Waals surface area contributed by atoms with Gasteiger partial charge in [-0.25, -0.2) is 0 Å². The van der Waals surface area contributed by atoms with E-state index in [4.69, 9.17) is 0 Å². The smallest absolute Gasteiger partial charge is 0.228 e. The van der Waals surface area contributed by atoms with Crippen LogP contribution in [0.2, 0.25) is 0 Å². The van der Waals surface area contributed by atoms with Crippen molar-refractivity contribution in [3.05, 3.63) is 35.4 Å². The fourth-order valence-electron chi connectivity index (χ4n) is 3.29. The third-order valence-corrected chi connectivity index (χ3v) is 4.67. The van der Waals surface area contributed by atoms with Gasteiger partial charge >= 0.3 is 0 Å². The topological polar surface area (TPSA) is 40.6 Å². The van der Waals surface area contributed by atoms with E-state index in [9.17, 15) is 9.59 Å². The minimum absolute atomic E-state index is 0.120. The van der Waals surface area contributed by atoms with E-state index >= 15 is 0 Å². The molecule has 1 fully saturated rings. The summed E-state index contributed by atoms with van der Waals surface area (Å²) in [4.78, 5) is 28.6. The van der Waals surface area contributed by atoms with Gasteiger partial charge in [0.1, 0.15) is 0 Å². The van der Waals surface area contributed by atoms with Crippen LogP contribution in [0.4, 0.5) is 0 Å². The van der Waals surface area contributed by atoms with Crippen molar-refractivity contribution < 1.29 is 9.59 Å². The number of hydrogen-bond acceptors (Lipinski definition) is 2. The van der Waals surface area contributed by atoms with Crippen LogP contribution >= 0.6 is 0 Å². The standard InChI is InChI=1S/C18H26N2O2/c1-5-20(6-2)18(22)15-11-12-16(21)19(4)17(15)14-9-7-13(3)8-10-14/h7-10,15,17H,5-6,11-12H2,1-4H3/t15-,17+/m0/s1. The molecule has 0 radical (unpaired) electrons. The molecule has 120 valence electrons. The van der Waals surface area contributed by atoms with Crippen molar-refractivity contribution in [1.82, 2.24) is 9.80 Å². The highest BCUT2D eigenvalue weighted by atomic mass is 16.2. The fourth-order valence-corrected chi connectivity index (χ4v) is 3.29. The molecule has 0 bridgehead atoms. The lowest BCUT2D eigenvalue weighted by molar-refractivity contribution is -0.146. The van der Waals surface area contributed by atoms with E-state index in [-0.39, 0.29) is 23.8 Å². The number of nitrogens with zero attached hydrogens (tertiary/aromatic N) is 2. The lowest BCUT2D eigenvalue weighted by Crippen LogP contribution is -2.47. The van der Waals surface area contributed by atoms with E-state index in [1.54, 1.807) is 4.90 Å². The molecule has 0 unspecified atom stereocenters. The summed E-state index contributed by atoms with van der Waals surface area (Å²) in [5.74, 6) is 0.134. The predicted molar refractivity (Wildman–Crippen MR) is 87.3 cm³/mol. The Bertz CT molecular complexity index is 535. The normalized spacial score (nSPS) is 21.8. The summed E-state index contributed by atoms with van der Waals surface area (Å²) in [6.45, 7) is 7.46. The maximum Gasteiger partial charge on any atom is 0.228 e. The first-order valence-electron chi connectivity index (χ1n) is 8.10. The molecule has 1 aromatic carbocycles. The van der Waals surface area contributed by atoms with Gasteiger partial charge in [-0.05, 0) is 32.8 Å². The lowest BCUT2D eigenvalue weighted by Gasteiger charge is -2.40. The number of benzene rings is 1. The maximum atomic E-state index is 12.9. The predicted octanol–water partition coefficient (Wildman–Crippen LogP) is 2.77. The quantitative estimate of drug-likeness (QED) is 0.858. The summed E-state index contributed by atoms with van der Waals surface area (Å²) in [6.07, 6.45) is 1.09. The molecule has 0 aromatic heterocycles. The van der Waals surface area contributed by atoms with E-state index in [0.717, 1.165) is 5.56 Å². The summed E-state index contributed by atoms with van der Waals surface area (Å²) in [6, 6.07) is 8.01. The second kappa shape index (κ2) is 6.95. The molecule has 2 amide bonds. The number of aryl methyl sites for hydroxylation is 1. The first kappa shape index (κ1) is 16.5. The highest BCUT2D eigenvalue weighted by Gasteiger charge is 2.39. The van der Waals surface area contributed by atoms with E-state index < -0.39 is 0 Å². The zero-order chi connectivity index (χ0) is 16.3. The SMILES string of the molecule is CCN(CC)C(=O)[C@H]1CCC(=O)N(C)[C@@H]1c1ccc(C)cc1. The maximum absolute atomic E-state index is 12.9. The number of carbonyl (C=O) groups is 2. The van der Waals surface area contributed by atoms with Crippen molar-refractivity contribution in [3.8, 4) is 0 Å². The van der Waals surface area contributed by atoms with Crippen molar-refractivity contribution in [3.63, 3.8) is 0 Å². The Morgan fingerprint density at radius 1 is 1.23 bits per heavy atom. The van der Waals surface area contributed by atoms with Crippen LogP contribution in [-0.4, -0.2) is 41.8 Å². The van der Waals surface area contributed by atoms with Gasteiger partial charge in [0.25, 0.3) is 0 Å². The molecule has 1 saturated heterocycles. The number of piperidine rings is 1.